The zero-order chi connectivity index (χ0) is 27.5. The van der Waals surface area contributed by atoms with Gasteiger partial charge in [-0.1, -0.05) is 44.5 Å². The number of aromatic amines is 1. The Morgan fingerprint density at radius 1 is 0.974 bits per heavy atom. The first kappa shape index (κ1) is 26.2. The standard InChI is InChI=1S/C32H34FN5O/c1-4-8-20-9-7-10-21(13-20)27-18-36-32(38-27)29(25-14-19(5-2)15-28(30(25)33)39-6-3)26-17-22-16-23(34)11-12-24(22)31(35)37-26/h7,9-18,29H,4-6,8,34H2,1-3H3,(H2,35,37)(H,36,38). The molecule has 5 rings (SSSR count). The van der Waals surface area contributed by atoms with Gasteiger partial charge in [-0.25, -0.2) is 14.4 Å². The number of nitrogens with one attached hydrogen (secondary N) is 1. The number of benzene rings is 3. The summed E-state index contributed by atoms with van der Waals surface area (Å²) in [5.74, 6) is 0.0413. The molecule has 200 valence electrons. The molecule has 0 aliphatic carbocycles. The van der Waals surface area contributed by atoms with Crippen LogP contribution in [-0.2, 0) is 12.8 Å². The molecule has 2 aromatic heterocycles. The number of nitrogens with zero attached hydrogens (tertiary/aromatic N) is 2. The number of H-pyrrole nitrogens is 1. The van der Waals surface area contributed by atoms with Crippen molar-refractivity contribution in [1.82, 2.24) is 15.0 Å². The topological polar surface area (TPSA) is 103 Å². The Labute approximate surface area is 228 Å². The van der Waals surface area contributed by atoms with Crippen LogP contribution >= 0.6 is 0 Å². The van der Waals surface area contributed by atoms with Crippen molar-refractivity contribution in [2.24, 2.45) is 0 Å². The van der Waals surface area contributed by atoms with Gasteiger partial charge in [-0.3, -0.25) is 0 Å². The number of fused-ring (bicyclic) bond motifs is 1. The van der Waals surface area contributed by atoms with Crippen molar-refractivity contribution >= 4 is 22.3 Å². The van der Waals surface area contributed by atoms with Gasteiger partial charge in [-0.15, -0.1) is 0 Å². The van der Waals surface area contributed by atoms with Gasteiger partial charge >= 0.3 is 0 Å². The minimum Gasteiger partial charge on any atom is -0.491 e. The van der Waals surface area contributed by atoms with E-state index in [2.05, 4.69) is 24.0 Å². The molecular formula is C32H34FN5O. The fourth-order valence-electron chi connectivity index (χ4n) is 5.09. The van der Waals surface area contributed by atoms with Gasteiger partial charge in [0.05, 0.1) is 30.1 Å². The third-order valence-corrected chi connectivity index (χ3v) is 6.99. The molecule has 0 spiro atoms. The van der Waals surface area contributed by atoms with E-state index < -0.39 is 11.7 Å². The van der Waals surface area contributed by atoms with Crippen LogP contribution in [0, 0.1) is 5.82 Å². The highest BCUT2D eigenvalue weighted by Gasteiger charge is 2.28. The molecule has 5 N–H and O–H groups in total. The van der Waals surface area contributed by atoms with E-state index in [1.54, 1.807) is 18.3 Å². The zero-order valence-corrected chi connectivity index (χ0v) is 22.6. The third-order valence-electron chi connectivity index (χ3n) is 6.99. The van der Waals surface area contributed by atoms with Crippen LogP contribution in [0.4, 0.5) is 15.9 Å². The number of aromatic nitrogens is 3. The van der Waals surface area contributed by atoms with Gasteiger partial charge in [0.15, 0.2) is 11.6 Å². The number of nitrogen functional groups attached to an aromatic ring is 2. The fourth-order valence-corrected chi connectivity index (χ4v) is 5.09. The first-order valence-corrected chi connectivity index (χ1v) is 13.5. The molecule has 0 bridgehead atoms. The third kappa shape index (κ3) is 5.30. The van der Waals surface area contributed by atoms with Crippen LogP contribution in [0.25, 0.3) is 22.0 Å². The Morgan fingerprint density at radius 3 is 2.59 bits per heavy atom. The first-order valence-electron chi connectivity index (χ1n) is 13.5. The lowest BCUT2D eigenvalue weighted by molar-refractivity contribution is 0.319. The maximum Gasteiger partial charge on any atom is 0.169 e. The molecule has 1 unspecified atom stereocenters. The molecule has 0 aliphatic heterocycles. The number of anilines is 2. The van der Waals surface area contributed by atoms with Crippen LogP contribution in [0.3, 0.4) is 0 Å². The lowest BCUT2D eigenvalue weighted by Crippen LogP contribution is -2.12. The maximum absolute atomic E-state index is 16.1. The van der Waals surface area contributed by atoms with Gasteiger partial charge in [0.25, 0.3) is 0 Å². The molecule has 0 fully saturated rings. The van der Waals surface area contributed by atoms with E-state index in [9.17, 15) is 0 Å². The van der Waals surface area contributed by atoms with E-state index in [-0.39, 0.29) is 5.75 Å². The van der Waals surface area contributed by atoms with Crippen LogP contribution < -0.4 is 16.2 Å². The van der Waals surface area contributed by atoms with E-state index in [4.69, 9.17) is 26.2 Å². The van der Waals surface area contributed by atoms with Crippen LogP contribution in [0.1, 0.15) is 61.3 Å². The van der Waals surface area contributed by atoms with Crippen molar-refractivity contribution in [1.29, 1.82) is 0 Å². The minimum atomic E-state index is -0.656. The van der Waals surface area contributed by atoms with E-state index in [1.165, 1.54) is 5.56 Å². The predicted octanol–water partition coefficient (Wildman–Crippen LogP) is 7.02. The van der Waals surface area contributed by atoms with Crippen molar-refractivity contribution in [3.05, 3.63) is 101 Å². The zero-order valence-electron chi connectivity index (χ0n) is 22.6. The highest BCUT2D eigenvalue weighted by Crippen LogP contribution is 2.38. The molecule has 0 aliphatic rings. The number of aryl methyl sites for hydroxylation is 2. The summed E-state index contributed by atoms with van der Waals surface area (Å²) in [6.07, 6.45) is 4.57. The Bertz CT molecular complexity index is 1630. The van der Waals surface area contributed by atoms with Gasteiger partial charge in [0.2, 0.25) is 0 Å². The summed E-state index contributed by atoms with van der Waals surface area (Å²) in [6.45, 7) is 6.40. The molecule has 0 saturated carbocycles. The summed E-state index contributed by atoms with van der Waals surface area (Å²) < 4.78 is 21.8. The van der Waals surface area contributed by atoms with E-state index in [1.807, 2.05) is 50.2 Å². The number of ether oxygens (including phenoxy) is 1. The summed E-state index contributed by atoms with van der Waals surface area (Å²) >= 11 is 0. The number of pyridine rings is 1. The Hall–Kier alpha value is -4.39. The molecular weight excluding hydrogens is 489 g/mol. The summed E-state index contributed by atoms with van der Waals surface area (Å²) in [4.78, 5) is 13.0. The van der Waals surface area contributed by atoms with Gasteiger partial charge in [0.1, 0.15) is 11.6 Å². The van der Waals surface area contributed by atoms with Crippen molar-refractivity contribution < 1.29 is 9.13 Å². The van der Waals surface area contributed by atoms with Crippen LogP contribution in [0.2, 0.25) is 0 Å². The molecule has 0 radical (unpaired) electrons. The largest absolute Gasteiger partial charge is 0.491 e. The Kier molecular flexibility index (Phi) is 7.50. The molecule has 6 nitrogen and oxygen atoms in total. The Balaban J connectivity index is 1.72. The van der Waals surface area contributed by atoms with Gasteiger partial charge < -0.3 is 21.2 Å². The lowest BCUT2D eigenvalue weighted by Gasteiger charge is -2.20. The highest BCUT2D eigenvalue weighted by molar-refractivity contribution is 5.93. The molecule has 0 amide bonds. The molecule has 0 saturated heterocycles. The number of nitrogens with two attached hydrogens (primary N) is 2. The lowest BCUT2D eigenvalue weighted by atomic mass is 9.90. The molecule has 39 heavy (non-hydrogen) atoms. The SMILES string of the molecule is CCCc1cccc(-c2cnc(C(c3cc4cc(N)ccc4c(N)n3)c3cc(CC)cc(OCC)c3F)[nH]2)c1. The molecule has 3 aromatic carbocycles. The monoisotopic (exact) mass is 523 g/mol. The summed E-state index contributed by atoms with van der Waals surface area (Å²) in [7, 11) is 0. The number of rotatable bonds is 9. The van der Waals surface area contributed by atoms with Crippen LogP contribution in [0.15, 0.2) is 66.9 Å². The average molecular weight is 524 g/mol. The average Bonchev–Trinajstić information content (AvgIpc) is 3.41. The second kappa shape index (κ2) is 11.2. The maximum atomic E-state index is 16.1. The summed E-state index contributed by atoms with van der Waals surface area (Å²) in [6, 6.07) is 19.4. The van der Waals surface area contributed by atoms with Gasteiger partial charge in [-0.05, 0) is 78.2 Å². The van der Waals surface area contributed by atoms with Crippen molar-refractivity contribution in [3.8, 4) is 17.0 Å². The van der Waals surface area contributed by atoms with Crippen LogP contribution in [-0.4, -0.2) is 21.6 Å². The number of imidazole rings is 1. The Morgan fingerprint density at radius 2 is 1.82 bits per heavy atom. The molecule has 5 aromatic rings. The smallest absolute Gasteiger partial charge is 0.169 e. The normalized spacial score (nSPS) is 12.1. The molecule has 7 heteroatoms. The molecule has 2 heterocycles. The number of halogens is 1. The fraction of sp³-hybridized carbons (Fsp3) is 0.250. The number of hydrogen-bond donors (Lipinski definition) is 3. The van der Waals surface area contributed by atoms with E-state index in [0.29, 0.717) is 35.2 Å². The second-order valence-corrected chi connectivity index (χ2v) is 9.76. The quantitative estimate of drug-likeness (QED) is 0.180. The van der Waals surface area contributed by atoms with E-state index in [0.717, 1.165) is 46.9 Å². The van der Waals surface area contributed by atoms with Crippen molar-refractivity contribution in [2.75, 3.05) is 18.1 Å². The molecule has 1 atom stereocenters. The van der Waals surface area contributed by atoms with Gasteiger partial charge in [-0.2, -0.15) is 0 Å². The van der Waals surface area contributed by atoms with Gasteiger partial charge in [0, 0.05) is 16.6 Å². The van der Waals surface area contributed by atoms with E-state index >= 15 is 4.39 Å². The summed E-state index contributed by atoms with van der Waals surface area (Å²) in [5.41, 5.74) is 18.2. The minimum absolute atomic E-state index is 0.217. The summed E-state index contributed by atoms with van der Waals surface area (Å²) in [5, 5.41) is 1.62. The first-order chi connectivity index (χ1) is 18.9. The van der Waals surface area contributed by atoms with Crippen LogP contribution in [0.5, 0.6) is 5.75 Å². The van der Waals surface area contributed by atoms with Crippen molar-refractivity contribution in [3.63, 3.8) is 0 Å². The second-order valence-electron chi connectivity index (χ2n) is 9.76. The van der Waals surface area contributed by atoms with Crippen molar-refractivity contribution in [2.45, 2.75) is 46.0 Å². The highest BCUT2D eigenvalue weighted by atomic mass is 19.1. The predicted molar refractivity (Wildman–Crippen MR) is 156 cm³/mol. The number of hydrogen-bond acceptors (Lipinski definition) is 5.